The lowest BCUT2D eigenvalue weighted by atomic mass is 10.1. The summed E-state index contributed by atoms with van der Waals surface area (Å²) in [4.78, 5) is 13.9. The number of methoxy groups -OCH3 is 2. The Labute approximate surface area is 119 Å². The quantitative estimate of drug-likeness (QED) is 0.823. The van der Waals surface area contributed by atoms with E-state index in [9.17, 15) is 4.79 Å². The number of carbonyl (C=O) groups excluding carboxylic acids is 1. The van der Waals surface area contributed by atoms with Crippen molar-refractivity contribution in [2.24, 2.45) is 0 Å². The first-order chi connectivity index (χ1) is 9.74. The van der Waals surface area contributed by atoms with Crippen molar-refractivity contribution in [1.29, 1.82) is 0 Å². The molecule has 1 aromatic carbocycles. The number of benzene rings is 1. The van der Waals surface area contributed by atoms with Gasteiger partial charge in [0.05, 0.1) is 13.2 Å². The van der Waals surface area contributed by atoms with Crippen LogP contribution in [0.15, 0.2) is 24.3 Å². The Balaban J connectivity index is 1.88. The number of hydrogen-bond donors (Lipinski definition) is 0. The standard InChI is InChI=1S/C15H21NO4/c1-18-12-6-5-9-16(10-12)15(17)11-20-14-8-4-3-7-13(14)19-2/h3-4,7-8,12H,5-6,9-11H2,1-2H3. The monoisotopic (exact) mass is 279 g/mol. The van der Waals surface area contributed by atoms with Gasteiger partial charge in [-0.3, -0.25) is 4.79 Å². The number of hydrogen-bond acceptors (Lipinski definition) is 4. The summed E-state index contributed by atoms with van der Waals surface area (Å²) >= 11 is 0. The molecule has 1 amide bonds. The second kappa shape index (κ2) is 7.14. The second-order valence-electron chi connectivity index (χ2n) is 4.78. The highest BCUT2D eigenvalue weighted by Gasteiger charge is 2.23. The third-order valence-electron chi connectivity index (χ3n) is 3.48. The van der Waals surface area contributed by atoms with Crippen LogP contribution in [0.2, 0.25) is 0 Å². The Morgan fingerprint density at radius 1 is 1.30 bits per heavy atom. The number of piperidine rings is 1. The first-order valence-electron chi connectivity index (χ1n) is 6.81. The maximum absolute atomic E-state index is 12.1. The number of ether oxygens (including phenoxy) is 3. The first-order valence-corrected chi connectivity index (χ1v) is 6.81. The molecule has 1 aliphatic rings. The lowest BCUT2D eigenvalue weighted by molar-refractivity contribution is -0.136. The third-order valence-corrected chi connectivity index (χ3v) is 3.48. The SMILES string of the molecule is COc1ccccc1OCC(=O)N1CCCC(OC)C1. The van der Waals surface area contributed by atoms with Crippen molar-refractivity contribution in [3.63, 3.8) is 0 Å². The molecular weight excluding hydrogens is 258 g/mol. The molecule has 1 aliphatic heterocycles. The number of amides is 1. The van der Waals surface area contributed by atoms with Crippen molar-refractivity contribution in [2.75, 3.05) is 33.9 Å². The predicted octanol–water partition coefficient (Wildman–Crippen LogP) is 1.71. The lowest BCUT2D eigenvalue weighted by Gasteiger charge is -2.31. The van der Waals surface area contributed by atoms with E-state index in [4.69, 9.17) is 14.2 Å². The fourth-order valence-electron chi connectivity index (χ4n) is 2.33. The fourth-order valence-corrected chi connectivity index (χ4v) is 2.33. The molecule has 0 spiro atoms. The first kappa shape index (κ1) is 14.7. The molecule has 2 rings (SSSR count). The maximum Gasteiger partial charge on any atom is 0.260 e. The summed E-state index contributed by atoms with van der Waals surface area (Å²) in [5.74, 6) is 1.20. The topological polar surface area (TPSA) is 48.0 Å². The molecule has 110 valence electrons. The number of rotatable bonds is 5. The van der Waals surface area contributed by atoms with E-state index in [1.54, 1.807) is 25.2 Å². The highest BCUT2D eigenvalue weighted by Crippen LogP contribution is 2.25. The lowest BCUT2D eigenvalue weighted by Crippen LogP contribution is -2.44. The fraction of sp³-hybridized carbons (Fsp3) is 0.533. The minimum absolute atomic E-state index is 0.0161. The van der Waals surface area contributed by atoms with Gasteiger partial charge in [-0.05, 0) is 25.0 Å². The van der Waals surface area contributed by atoms with Crippen LogP contribution in [0.4, 0.5) is 0 Å². The van der Waals surface area contributed by atoms with E-state index in [0.717, 1.165) is 19.4 Å². The van der Waals surface area contributed by atoms with Gasteiger partial charge in [-0.15, -0.1) is 0 Å². The molecule has 0 aliphatic carbocycles. The van der Waals surface area contributed by atoms with Crippen LogP contribution in [0.3, 0.4) is 0 Å². The molecule has 1 fully saturated rings. The summed E-state index contributed by atoms with van der Waals surface area (Å²) in [5, 5.41) is 0. The van der Waals surface area contributed by atoms with E-state index in [1.165, 1.54) is 0 Å². The van der Waals surface area contributed by atoms with E-state index >= 15 is 0 Å². The molecule has 0 N–H and O–H groups in total. The van der Waals surface area contributed by atoms with Crippen LogP contribution < -0.4 is 9.47 Å². The molecule has 20 heavy (non-hydrogen) atoms. The number of para-hydroxylation sites is 2. The molecule has 0 bridgehead atoms. The summed E-state index contributed by atoms with van der Waals surface area (Å²) < 4.78 is 16.1. The Bertz CT molecular complexity index is 449. The zero-order chi connectivity index (χ0) is 14.4. The van der Waals surface area contributed by atoms with Crippen molar-refractivity contribution >= 4 is 5.91 Å². The van der Waals surface area contributed by atoms with Crippen molar-refractivity contribution in [1.82, 2.24) is 4.90 Å². The number of nitrogens with zero attached hydrogens (tertiary/aromatic N) is 1. The average molecular weight is 279 g/mol. The summed E-state index contributed by atoms with van der Waals surface area (Å²) in [6.07, 6.45) is 2.12. The zero-order valence-electron chi connectivity index (χ0n) is 12.0. The van der Waals surface area contributed by atoms with Crippen LogP contribution in [0.1, 0.15) is 12.8 Å². The van der Waals surface area contributed by atoms with Gasteiger partial charge in [0.1, 0.15) is 0 Å². The van der Waals surface area contributed by atoms with Gasteiger partial charge in [0, 0.05) is 20.2 Å². The predicted molar refractivity (Wildman–Crippen MR) is 75.1 cm³/mol. The van der Waals surface area contributed by atoms with E-state index in [0.29, 0.717) is 18.0 Å². The Kier molecular flexibility index (Phi) is 5.24. The molecule has 5 heteroatoms. The van der Waals surface area contributed by atoms with Gasteiger partial charge in [0.2, 0.25) is 0 Å². The molecule has 1 unspecified atom stereocenters. The minimum Gasteiger partial charge on any atom is -0.493 e. The summed E-state index contributed by atoms with van der Waals surface area (Å²) in [7, 11) is 3.27. The molecule has 0 saturated carbocycles. The zero-order valence-corrected chi connectivity index (χ0v) is 12.0. The van der Waals surface area contributed by atoms with Crippen molar-refractivity contribution in [2.45, 2.75) is 18.9 Å². The van der Waals surface area contributed by atoms with Crippen molar-refractivity contribution in [3.8, 4) is 11.5 Å². The van der Waals surface area contributed by atoms with Gasteiger partial charge in [-0.1, -0.05) is 12.1 Å². The summed E-state index contributed by atoms with van der Waals surface area (Å²) in [5.41, 5.74) is 0. The normalized spacial score (nSPS) is 18.7. The largest absolute Gasteiger partial charge is 0.493 e. The van der Waals surface area contributed by atoms with E-state index in [1.807, 2.05) is 18.2 Å². The average Bonchev–Trinajstić information content (AvgIpc) is 2.52. The van der Waals surface area contributed by atoms with Crippen molar-refractivity contribution < 1.29 is 19.0 Å². The minimum atomic E-state index is -0.0161. The molecule has 1 heterocycles. The van der Waals surface area contributed by atoms with E-state index < -0.39 is 0 Å². The van der Waals surface area contributed by atoms with Crippen LogP contribution >= 0.6 is 0 Å². The second-order valence-corrected chi connectivity index (χ2v) is 4.78. The van der Waals surface area contributed by atoms with Gasteiger partial charge in [0.25, 0.3) is 5.91 Å². The highest BCUT2D eigenvalue weighted by molar-refractivity contribution is 5.78. The van der Waals surface area contributed by atoms with Crippen LogP contribution in [-0.2, 0) is 9.53 Å². The smallest absolute Gasteiger partial charge is 0.260 e. The van der Waals surface area contributed by atoms with Crippen LogP contribution in [0.25, 0.3) is 0 Å². The third kappa shape index (κ3) is 3.63. The molecule has 1 saturated heterocycles. The van der Waals surface area contributed by atoms with Gasteiger partial charge in [0.15, 0.2) is 18.1 Å². The Morgan fingerprint density at radius 3 is 2.75 bits per heavy atom. The van der Waals surface area contributed by atoms with E-state index in [2.05, 4.69) is 0 Å². The molecular formula is C15H21NO4. The molecule has 1 aromatic rings. The van der Waals surface area contributed by atoms with Crippen LogP contribution in [0, 0.1) is 0 Å². The number of likely N-dealkylation sites (tertiary alicyclic amines) is 1. The van der Waals surface area contributed by atoms with Gasteiger partial charge in [-0.2, -0.15) is 0 Å². The molecule has 1 atom stereocenters. The van der Waals surface area contributed by atoms with E-state index in [-0.39, 0.29) is 18.6 Å². The van der Waals surface area contributed by atoms with Gasteiger partial charge < -0.3 is 19.1 Å². The van der Waals surface area contributed by atoms with Crippen LogP contribution in [0.5, 0.6) is 11.5 Å². The highest BCUT2D eigenvalue weighted by atomic mass is 16.5. The Hall–Kier alpha value is -1.75. The molecule has 0 aromatic heterocycles. The van der Waals surface area contributed by atoms with Crippen molar-refractivity contribution in [3.05, 3.63) is 24.3 Å². The maximum atomic E-state index is 12.1. The summed E-state index contributed by atoms with van der Waals surface area (Å²) in [6.45, 7) is 1.44. The summed E-state index contributed by atoms with van der Waals surface area (Å²) in [6, 6.07) is 7.31. The molecule has 5 nitrogen and oxygen atoms in total. The Morgan fingerprint density at radius 2 is 2.05 bits per heavy atom. The van der Waals surface area contributed by atoms with Gasteiger partial charge >= 0.3 is 0 Å². The number of carbonyl (C=O) groups is 1. The van der Waals surface area contributed by atoms with Gasteiger partial charge in [-0.25, -0.2) is 0 Å². The van der Waals surface area contributed by atoms with Crippen LogP contribution in [-0.4, -0.2) is 50.8 Å². The molecule has 0 radical (unpaired) electrons.